The Morgan fingerprint density at radius 2 is 1.34 bits per heavy atom. The third kappa shape index (κ3) is 5.31. The van der Waals surface area contributed by atoms with Crippen LogP contribution in [0.25, 0.3) is 0 Å². The summed E-state index contributed by atoms with van der Waals surface area (Å²) < 4.78 is 16.6. The van der Waals surface area contributed by atoms with Gasteiger partial charge in [0, 0.05) is 37.1 Å². The molecule has 0 radical (unpaired) electrons. The average molecular weight is 489 g/mol. The number of carbonyl (C=O) groups excluding carboxylic acids is 1. The summed E-state index contributed by atoms with van der Waals surface area (Å²) in [5, 5.41) is 22.7. The van der Waals surface area contributed by atoms with Crippen molar-refractivity contribution in [1.82, 2.24) is 5.23 Å². The van der Waals surface area contributed by atoms with E-state index in [9.17, 15) is 25.0 Å². The zero-order chi connectivity index (χ0) is 25.0. The van der Waals surface area contributed by atoms with E-state index in [2.05, 4.69) is 0 Å². The zero-order valence-corrected chi connectivity index (χ0v) is 18.7. The lowest BCUT2D eigenvalue weighted by molar-refractivity contribution is -0.385. The maximum absolute atomic E-state index is 12.9. The van der Waals surface area contributed by atoms with E-state index in [0.717, 1.165) is 5.23 Å². The number of nitro groups is 2. The first kappa shape index (κ1) is 24.3. The summed E-state index contributed by atoms with van der Waals surface area (Å²) in [4.78, 5) is 45.0. The minimum Gasteiger partial charge on any atom is -0.491 e. The quantitative estimate of drug-likeness (QED) is 0.275. The van der Waals surface area contributed by atoms with E-state index in [1.165, 1.54) is 48.5 Å². The molecule has 186 valence electrons. The Morgan fingerprint density at radius 3 is 1.71 bits per heavy atom. The van der Waals surface area contributed by atoms with Gasteiger partial charge in [0.15, 0.2) is 5.54 Å². The van der Waals surface area contributed by atoms with Crippen LogP contribution in [0.15, 0.2) is 48.5 Å². The molecule has 2 heterocycles. The van der Waals surface area contributed by atoms with Crippen molar-refractivity contribution >= 4 is 17.3 Å². The number of hydrogen-bond donors (Lipinski definition) is 0. The molecule has 2 saturated heterocycles. The molecule has 2 atom stereocenters. The highest BCUT2D eigenvalue weighted by Gasteiger charge is 2.61. The normalized spacial score (nSPS) is 23.5. The van der Waals surface area contributed by atoms with Gasteiger partial charge in [-0.25, -0.2) is 4.79 Å². The van der Waals surface area contributed by atoms with Gasteiger partial charge >= 0.3 is 5.97 Å². The van der Waals surface area contributed by atoms with E-state index in [1.54, 1.807) is 6.92 Å². The molecular formula is C22H23N3O10. The fourth-order valence-corrected chi connectivity index (χ4v) is 3.95. The fourth-order valence-electron chi connectivity index (χ4n) is 3.95. The number of rotatable bonds is 10. The van der Waals surface area contributed by atoms with E-state index in [0.29, 0.717) is 11.5 Å². The van der Waals surface area contributed by atoms with Crippen LogP contribution in [0.2, 0.25) is 0 Å². The number of hydroxylamine groups is 2. The molecule has 0 spiro atoms. The Morgan fingerprint density at radius 1 is 0.914 bits per heavy atom. The molecule has 13 nitrogen and oxygen atoms in total. The van der Waals surface area contributed by atoms with Crippen LogP contribution >= 0.6 is 0 Å². The number of nitrogens with zero attached hydrogens (tertiary/aromatic N) is 3. The number of esters is 1. The zero-order valence-electron chi connectivity index (χ0n) is 18.7. The highest BCUT2D eigenvalue weighted by molar-refractivity contribution is 5.81. The minimum atomic E-state index is -1.18. The van der Waals surface area contributed by atoms with E-state index in [-0.39, 0.29) is 44.0 Å². The predicted octanol–water partition coefficient (Wildman–Crippen LogP) is 2.97. The first-order valence-corrected chi connectivity index (χ1v) is 10.9. The SMILES string of the molecule is CCOC(=O)C12CC(COc3ccc([N+](=O)[O-])cc3)ON1OC(COc1ccc([N+](=O)[O-])cc1)C2. The Hall–Kier alpha value is -3.81. The lowest BCUT2D eigenvalue weighted by atomic mass is 9.89. The fraction of sp³-hybridized carbons (Fsp3) is 0.409. The number of carbonyl (C=O) groups is 1. The Bertz CT molecular complexity index is 1000. The molecule has 35 heavy (non-hydrogen) atoms. The van der Waals surface area contributed by atoms with Crippen LogP contribution in [0, 0.1) is 20.2 Å². The number of hydrogen-bond acceptors (Lipinski definition) is 11. The summed E-state index contributed by atoms with van der Waals surface area (Å²) in [6, 6.07) is 11.3. The number of non-ortho nitro benzene ring substituents is 2. The predicted molar refractivity (Wildman–Crippen MR) is 117 cm³/mol. The Kier molecular flexibility index (Phi) is 7.10. The highest BCUT2D eigenvalue weighted by Crippen LogP contribution is 2.43. The van der Waals surface area contributed by atoms with Crippen LogP contribution in [0.1, 0.15) is 19.8 Å². The first-order chi connectivity index (χ1) is 16.8. The van der Waals surface area contributed by atoms with Crippen LogP contribution < -0.4 is 9.47 Å². The summed E-state index contributed by atoms with van der Waals surface area (Å²) in [5.74, 6) is 0.356. The third-order valence-electron chi connectivity index (χ3n) is 5.59. The van der Waals surface area contributed by atoms with Crippen LogP contribution in [-0.4, -0.2) is 58.6 Å². The second kappa shape index (κ2) is 10.2. The van der Waals surface area contributed by atoms with Crippen LogP contribution in [-0.2, 0) is 19.2 Å². The third-order valence-corrected chi connectivity index (χ3v) is 5.59. The second-order valence-electron chi connectivity index (χ2n) is 8.00. The molecule has 0 saturated carbocycles. The number of nitro benzene ring substituents is 2. The van der Waals surface area contributed by atoms with Crippen molar-refractivity contribution in [2.24, 2.45) is 0 Å². The van der Waals surface area contributed by atoms with Gasteiger partial charge in [0.2, 0.25) is 0 Å². The van der Waals surface area contributed by atoms with Gasteiger partial charge in [-0.2, -0.15) is 0 Å². The summed E-state index contributed by atoms with van der Waals surface area (Å²) >= 11 is 0. The lowest BCUT2D eigenvalue weighted by Gasteiger charge is -2.23. The van der Waals surface area contributed by atoms with Gasteiger partial charge in [0.25, 0.3) is 11.4 Å². The van der Waals surface area contributed by atoms with Crippen LogP contribution in [0.5, 0.6) is 11.5 Å². The van der Waals surface area contributed by atoms with Crippen molar-refractivity contribution in [3.05, 3.63) is 68.8 Å². The first-order valence-electron chi connectivity index (χ1n) is 10.9. The maximum Gasteiger partial charge on any atom is 0.331 e. The van der Waals surface area contributed by atoms with Gasteiger partial charge in [0.1, 0.15) is 36.9 Å². The molecule has 2 aliphatic heterocycles. The molecule has 2 aliphatic rings. The molecule has 2 fully saturated rings. The van der Waals surface area contributed by atoms with E-state index < -0.39 is 33.6 Å². The molecule has 2 unspecified atom stereocenters. The van der Waals surface area contributed by atoms with Gasteiger partial charge in [-0.15, -0.1) is 0 Å². The number of fused-ring (bicyclic) bond motifs is 1. The second-order valence-corrected chi connectivity index (χ2v) is 8.00. The molecule has 13 heteroatoms. The van der Waals surface area contributed by atoms with Gasteiger partial charge in [-0.3, -0.25) is 29.9 Å². The summed E-state index contributed by atoms with van der Waals surface area (Å²) in [6.07, 6.45) is -0.558. The van der Waals surface area contributed by atoms with Crippen molar-refractivity contribution < 1.29 is 38.5 Å². The largest absolute Gasteiger partial charge is 0.491 e. The molecule has 0 amide bonds. The van der Waals surface area contributed by atoms with E-state index in [1.807, 2.05) is 0 Å². The van der Waals surface area contributed by atoms with Crippen molar-refractivity contribution in [1.29, 1.82) is 0 Å². The van der Waals surface area contributed by atoms with Crippen LogP contribution in [0.4, 0.5) is 11.4 Å². The summed E-state index contributed by atoms with van der Waals surface area (Å²) in [6.45, 7) is 2.06. The van der Waals surface area contributed by atoms with E-state index in [4.69, 9.17) is 23.9 Å². The molecule has 0 aliphatic carbocycles. The highest BCUT2D eigenvalue weighted by atomic mass is 17.0. The van der Waals surface area contributed by atoms with Gasteiger partial charge in [-0.1, -0.05) is 0 Å². The number of ether oxygens (including phenoxy) is 3. The Labute approximate surface area is 199 Å². The molecule has 0 aromatic heterocycles. The smallest absolute Gasteiger partial charge is 0.331 e. The minimum absolute atomic E-state index is 0.0493. The molecule has 0 bridgehead atoms. The van der Waals surface area contributed by atoms with Gasteiger partial charge in [0.05, 0.1) is 16.5 Å². The monoisotopic (exact) mass is 489 g/mol. The standard InChI is InChI=1S/C22H23N3O10/c1-2-31-21(26)22-11-19(13-32-17-7-3-15(4-8-17)23(27)28)34-25(22)35-20(12-22)14-33-18-9-5-16(6-10-18)24(29)30/h3-10,19-20H,2,11-14H2,1H3. The van der Waals surface area contributed by atoms with Crippen molar-refractivity contribution in [3.63, 3.8) is 0 Å². The molecule has 2 aromatic rings. The summed E-state index contributed by atoms with van der Waals surface area (Å²) in [7, 11) is 0. The molecule has 2 aromatic carbocycles. The average Bonchev–Trinajstić information content (AvgIpc) is 3.37. The molecular weight excluding hydrogens is 466 g/mol. The summed E-state index contributed by atoms with van der Waals surface area (Å²) in [5.41, 5.74) is -1.28. The van der Waals surface area contributed by atoms with Gasteiger partial charge in [-0.05, 0) is 36.4 Å². The number of benzene rings is 2. The van der Waals surface area contributed by atoms with Crippen molar-refractivity contribution in [3.8, 4) is 11.5 Å². The molecule has 0 N–H and O–H groups in total. The maximum atomic E-state index is 12.9. The topological polar surface area (TPSA) is 153 Å². The van der Waals surface area contributed by atoms with Gasteiger partial charge < -0.3 is 14.2 Å². The Balaban J connectivity index is 1.36. The van der Waals surface area contributed by atoms with Crippen LogP contribution in [0.3, 0.4) is 0 Å². The van der Waals surface area contributed by atoms with Crippen molar-refractivity contribution in [2.45, 2.75) is 37.5 Å². The van der Waals surface area contributed by atoms with Crippen molar-refractivity contribution in [2.75, 3.05) is 19.8 Å². The lowest BCUT2D eigenvalue weighted by Crippen LogP contribution is -2.46. The van der Waals surface area contributed by atoms with E-state index >= 15 is 0 Å². The molecule has 4 rings (SSSR count).